The highest BCUT2D eigenvalue weighted by molar-refractivity contribution is 6.03. The van der Waals surface area contributed by atoms with Crippen molar-refractivity contribution in [2.45, 2.75) is 45.6 Å². The van der Waals surface area contributed by atoms with E-state index >= 15 is 0 Å². The molecule has 0 spiro atoms. The number of benzene rings is 1. The number of nitrogens with zero attached hydrogens (tertiary/aromatic N) is 1. The Bertz CT molecular complexity index is 574. The minimum atomic E-state index is -1.03. The molecule has 21 heavy (non-hydrogen) atoms. The van der Waals surface area contributed by atoms with Gasteiger partial charge in [-0.2, -0.15) is 0 Å². The molecule has 0 aromatic heterocycles. The quantitative estimate of drug-likeness (QED) is 0.929. The highest BCUT2D eigenvalue weighted by atomic mass is 16.5. The fourth-order valence-corrected chi connectivity index (χ4v) is 2.35. The summed E-state index contributed by atoms with van der Waals surface area (Å²) in [6.45, 7) is 7.69. The molecule has 0 aliphatic carbocycles. The van der Waals surface area contributed by atoms with Gasteiger partial charge in [0.25, 0.3) is 5.91 Å². The van der Waals surface area contributed by atoms with Gasteiger partial charge in [0, 0.05) is 0 Å². The third-order valence-corrected chi connectivity index (χ3v) is 3.59. The summed E-state index contributed by atoms with van der Waals surface area (Å²) in [5, 5.41) is 9.06. The Kier molecular flexibility index (Phi) is 3.94. The van der Waals surface area contributed by atoms with Gasteiger partial charge in [-0.05, 0) is 29.5 Å². The first-order valence-corrected chi connectivity index (χ1v) is 7.08. The minimum absolute atomic E-state index is 0.0887. The van der Waals surface area contributed by atoms with Gasteiger partial charge in [-0.25, -0.2) is 0 Å². The predicted molar refractivity (Wildman–Crippen MR) is 79.8 cm³/mol. The number of carboxylic acids is 1. The second-order valence-electron chi connectivity index (χ2n) is 6.27. The van der Waals surface area contributed by atoms with E-state index < -0.39 is 12.1 Å². The number of aliphatic carboxylic acids is 1. The maximum absolute atomic E-state index is 12.4. The summed E-state index contributed by atoms with van der Waals surface area (Å²) in [7, 11) is 0. The number of carbonyl (C=O) groups excluding carboxylic acids is 1. The van der Waals surface area contributed by atoms with Crippen molar-refractivity contribution >= 4 is 17.6 Å². The molecule has 1 aliphatic rings. The first-order valence-electron chi connectivity index (χ1n) is 7.08. The standard InChI is InChI=1S/C16H21NO4/c1-5-12-15(20)17(9-14(18)19)11-8-10(16(2,3)4)6-7-13(11)21-12/h6-8,12H,5,9H2,1-4H3,(H,18,19). The third-order valence-electron chi connectivity index (χ3n) is 3.59. The summed E-state index contributed by atoms with van der Waals surface area (Å²) in [6.07, 6.45) is -0.104. The average molecular weight is 291 g/mol. The van der Waals surface area contributed by atoms with Gasteiger partial charge in [-0.1, -0.05) is 33.8 Å². The second kappa shape index (κ2) is 5.39. The van der Waals surface area contributed by atoms with Crippen molar-refractivity contribution in [3.05, 3.63) is 23.8 Å². The molecular weight excluding hydrogens is 270 g/mol. The van der Waals surface area contributed by atoms with Gasteiger partial charge in [-0.15, -0.1) is 0 Å². The van der Waals surface area contributed by atoms with E-state index in [1.807, 2.05) is 25.1 Å². The summed E-state index contributed by atoms with van der Waals surface area (Å²) in [5.74, 6) is -0.763. The molecule has 2 rings (SSSR count). The zero-order valence-corrected chi connectivity index (χ0v) is 12.8. The molecule has 0 bridgehead atoms. The van der Waals surface area contributed by atoms with Crippen LogP contribution in [0.15, 0.2) is 18.2 Å². The zero-order chi connectivity index (χ0) is 15.8. The van der Waals surface area contributed by atoms with Gasteiger partial charge in [-0.3, -0.25) is 14.5 Å². The third kappa shape index (κ3) is 3.01. The Morgan fingerprint density at radius 3 is 2.57 bits per heavy atom. The molecule has 5 nitrogen and oxygen atoms in total. The van der Waals surface area contributed by atoms with Gasteiger partial charge in [0.2, 0.25) is 0 Å². The number of fused-ring (bicyclic) bond motifs is 1. The molecule has 1 unspecified atom stereocenters. The van der Waals surface area contributed by atoms with Gasteiger partial charge in [0.05, 0.1) is 5.69 Å². The molecule has 1 aliphatic heterocycles. The van der Waals surface area contributed by atoms with Crippen LogP contribution in [0, 0.1) is 0 Å². The normalized spacial score (nSPS) is 18.2. The predicted octanol–water partition coefficient (Wildman–Crippen LogP) is 2.57. The smallest absolute Gasteiger partial charge is 0.323 e. The van der Waals surface area contributed by atoms with Gasteiger partial charge in [0.15, 0.2) is 6.10 Å². The summed E-state index contributed by atoms with van der Waals surface area (Å²) >= 11 is 0. The topological polar surface area (TPSA) is 66.8 Å². The number of ether oxygens (including phenoxy) is 1. The van der Waals surface area contributed by atoms with E-state index in [9.17, 15) is 9.59 Å². The molecule has 5 heteroatoms. The van der Waals surface area contributed by atoms with Gasteiger partial charge < -0.3 is 9.84 Å². The first kappa shape index (κ1) is 15.4. The van der Waals surface area contributed by atoms with E-state index in [0.717, 1.165) is 5.56 Å². The fourth-order valence-electron chi connectivity index (χ4n) is 2.35. The van der Waals surface area contributed by atoms with Crippen LogP contribution in [0.5, 0.6) is 5.75 Å². The Morgan fingerprint density at radius 2 is 2.05 bits per heavy atom. The van der Waals surface area contributed by atoms with Crippen LogP contribution in [0.25, 0.3) is 0 Å². The highest BCUT2D eigenvalue weighted by Gasteiger charge is 2.35. The van der Waals surface area contributed by atoms with Crippen molar-refractivity contribution in [3.63, 3.8) is 0 Å². The van der Waals surface area contributed by atoms with E-state index in [0.29, 0.717) is 17.9 Å². The van der Waals surface area contributed by atoms with Crippen molar-refractivity contribution < 1.29 is 19.4 Å². The van der Waals surface area contributed by atoms with Gasteiger partial charge >= 0.3 is 5.97 Å². The summed E-state index contributed by atoms with van der Waals surface area (Å²) in [4.78, 5) is 24.7. The molecule has 1 amide bonds. The van der Waals surface area contributed by atoms with E-state index in [1.54, 1.807) is 0 Å². The van der Waals surface area contributed by atoms with Crippen LogP contribution in [-0.4, -0.2) is 29.6 Å². The molecule has 0 saturated heterocycles. The van der Waals surface area contributed by atoms with Crippen molar-refractivity contribution in [1.29, 1.82) is 0 Å². The van der Waals surface area contributed by atoms with Crippen molar-refractivity contribution in [3.8, 4) is 5.75 Å². The van der Waals surface area contributed by atoms with E-state index in [4.69, 9.17) is 9.84 Å². The molecule has 114 valence electrons. The van der Waals surface area contributed by atoms with Crippen LogP contribution < -0.4 is 9.64 Å². The molecule has 1 heterocycles. The summed E-state index contributed by atoms with van der Waals surface area (Å²) in [6, 6.07) is 5.63. The number of amides is 1. The van der Waals surface area contributed by atoms with Crippen LogP contribution in [0.4, 0.5) is 5.69 Å². The summed E-state index contributed by atoms with van der Waals surface area (Å²) < 4.78 is 5.69. The Balaban J connectivity index is 2.51. The maximum atomic E-state index is 12.4. The molecule has 1 aromatic carbocycles. The molecular formula is C16H21NO4. The largest absolute Gasteiger partial charge is 0.480 e. The Morgan fingerprint density at radius 1 is 1.38 bits per heavy atom. The summed E-state index contributed by atoms with van der Waals surface area (Å²) in [5.41, 5.74) is 1.48. The highest BCUT2D eigenvalue weighted by Crippen LogP contribution is 2.38. The number of rotatable bonds is 3. The number of anilines is 1. The fraction of sp³-hybridized carbons (Fsp3) is 0.500. The first-order chi connectivity index (χ1) is 9.74. The lowest BCUT2D eigenvalue weighted by molar-refractivity contribution is -0.137. The van der Waals surface area contributed by atoms with E-state index in [2.05, 4.69) is 20.8 Å². The maximum Gasteiger partial charge on any atom is 0.323 e. The van der Waals surface area contributed by atoms with Crippen molar-refractivity contribution in [1.82, 2.24) is 0 Å². The SMILES string of the molecule is CCC1Oc2ccc(C(C)(C)C)cc2N(CC(=O)O)C1=O. The minimum Gasteiger partial charge on any atom is -0.480 e. The Labute approximate surface area is 124 Å². The number of carboxylic acid groups (broad SMARTS) is 1. The average Bonchev–Trinajstić information content (AvgIpc) is 2.39. The molecule has 1 aromatic rings. The zero-order valence-electron chi connectivity index (χ0n) is 12.8. The monoisotopic (exact) mass is 291 g/mol. The lowest BCUT2D eigenvalue weighted by atomic mass is 9.86. The van der Waals surface area contributed by atoms with E-state index in [1.165, 1.54) is 4.90 Å². The lowest BCUT2D eigenvalue weighted by Crippen LogP contribution is -2.47. The number of hydrogen-bond donors (Lipinski definition) is 1. The lowest BCUT2D eigenvalue weighted by Gasteiger charge is -2.34. The number of hydrogen-bond acceptors (Lipinski definition) is 3. The molecule has 0 fully saturated rings. The van der Waals surface area contributed by atoms with Crippen molar-refractivity contribution in [2.24, 2.45) is 0 Å². The number of carbonyl (C=O) groups is 2. The van der Waals surface area contributed by atoms with Crippen LogP contribution in [0.2, 0.25) is 0 Å². The Hall–Kier alpha value is -2.04. The van der Waals surface area contributed by atoms with E-state index in [-0.39, 0.29) is 17.9 Å². The molecule has 0 saturated carbocycles. The van der Waals surface area contributed by atoms with Gasteiger partial charge in [0.1, 0.15) is 12.3 Å². The van der Waals surface area contributed by atoms with Crippen LogP contribution in [0.1, 0.15) is 39.7 Å². The van der Waals surface area contributed by atoms with Crippen molar-refractivity contribution in [2.75, 3.05) is 11.4 Å². The molecule has 1 atom stereocenters. The second-order valence-corrected chi connectivity index (χ2v) is 6.27. The van der Waals surface area contributed by atoms with Crippen LogP contribution in [0.3, 0.4) is 0 Å². The van der Waals surface area contributed by atoms with Crippen LogP contribution in [-0.2, 0) is 15.0 Å². The molecule has 1 N–H and O–H groups in total. The molecule has 0 radical (unpaired) electrons. The van der Waals surface area contributed by atoms with Crippen LogP contribution >= 0.6 is 0 Å².